The molecule has 0 saturated heterocycles. The summed E-state index contributed by atoms with van der Waals surface area (Å²) in [5.74, 6) is 0. The highest BCUT2D eigenvalue weighted by atomic mass is 32.1. The molecule has 0 saturated carbocycles. The molecule has 14 heavy (non-hydrogen) atoms. The lowest BCUT2D eigenvalue weighted by Gasteiger charge is -2.14. The number of nitrogens with zero attached hydrogens (tertiary/aromatic N) is 1. The van der Waals surface area contributed by atoms with E-state index in [-0.39, 0.29) is 5.41 Å². The molecule has 0 aromatic carbocycles. The van der Waals surface area contributed by atoms with Gasteiger partial charge in [0.05, 0.1) is 6.04 Å². The molecule has 0 spiro atoms. The summed E-state index contributed by atoms with van der Waals surface area (Å²) in [6, 6.07) is 0.376. The van der Waals surface area contributed by atoms with Gasteiger partial charge in [-0.2, -0.15) is 0 Å². The number of aromatic nitrogens is 1. The Labute approximate surface area is 90.8 Å². The van der Waals surface area contributed by atoms with Crippen molar-refractivity contribution in [3.63, 3.8) is 0 Å². The quantitative estimate of drug-likeness (QED) is 0.832. The molecule has 3 heteroatoms. The highest BCUT2D eigenvalue weighted by Crippen LogP contribution is 2.29. The van der Waals surface area contributed by atoms with Gasteiger partial charge >= 0.3 is 0 Å². The van der Waals surface area contributed by atoms with Crippen LogP contribution in [0.25, 0.3) is 0 Å². The predicted octanol–water partition coefficient (Wildman–Crippen LogP) is 3.11. The first-order valence-electron chi connectivity index (χ1n) is 5.14. The maximum Gasteiger partial charge on any atom is 0.109 e. The van der Waals surface area contributed by atoms with Crippen LogP contribution in [0.2, 0.25) is 0 Å². The molecule has 1 aromatic rings. The van der Waals surface area contributed by atoms with E-state index in [4.69, 9.17) is 0 Å². The van der Waals surface area contributed by atoms with E-state index in [2.05, 4.69) is 44.9 Å². The lowest BCUT2D eigenvalue weighted by atomic mass is 9.96. The summed E-state index contributed by atoms with van der Waals surface area (Å²) in [6.07, 6.45) is 2.01. The number of thiazole rings is 1. The van der Waals surface area contributed by atoms with Crippen molar-refractivity contribution in [1.29, 1.82) is 0 Å². The van der Waals surface area contributed by atoms with E-state index in [9.17, 15) is 0 Å². The van der Waals surface area contributed by atoms with Gasteiger partial charge in [-0.25, -0.2) is 4.98 Å². The second-order valence-corrected chi connectivity index (χ2v) is 5.65. The Morgan fingerprint density at radius 1 is 1.50 bits per heavy atom. The molecule has 2 nitrogen and oxygen atoms in total. The van der Waals surface area contributed by atoms with Crippen LogP contribution in [-0.4, -0.2) is 11.5 Å². The highest BCUT2D eigenvalue weighted by Gasteiger charge is 2.18. The molecule has 1 heterocycles. The first kappa shape index (κ1) is 11.7. The lowest BCUT2D eigenvalue weighted by molar-refractivity contribution is 0.594. The third kappa shape index (κ3) is 2.79. The molecule has 1 aromatic heterocycles. The van der Waals surface area contributed by atoms with E-state index in [1.165, 1.54) is 9.88 Å². The molecule has 80 valence electrons. The number of hydrogen-bond donors (Lipinski definition) is 1. The van der Waals surface area contributed by atoms with E-state index in [0.29, 0.717) is 6.04 Å². The van der Waals surface area contributed by atoms with Gasteiger partial charge in [0.2, 0.25) is 0 Å². The molecule has 0 bridgehead atoms. The second-order valence-electron chi connectivity index (χ2n) is 4.59. The number of nitrogens with one attached hydrogen (secondary N) is 1. The fraction of sp³-hybridized carbons (Fsp3) is 0.727. The largest absolute Gasteiger partial charge is 0.308 e. The summed E-state index contributed by atoms with van der Waals surface area (Å²) in [5.41, 5.74) is 0.224. The average Bonchev–Trinajstić information content (AvgIpc) is 2.51. The van der Waals surface area contributed by atoms with Crippen LogP contribution >= 0.6 is 11.3 Å². The van der Waals surface area contributed by atoms with Crippen molar-refractivity contribution in [2.45, 2.75) is 46.1 Å². The number of rotatable bonds is 3. The van der Waals surface area contributed by atoms with E-state index >= 15 is 0 Å². The van der Waals surface area contributed by atoms with Gasteiger partial charge < -0.3 is 5.32 Å². The van der Waals surface area contributed by atoms with Crippen LogP contribution in [-0.2, 0) is 5.41 Å². The van der Waals surface area contributed by atoms with Crippen LogP contribution < -0.4 is 5.32 Å². The first-order chi connectivity index (χ1) is 6.45. The normalized spacial score (nSPS) is 14.4. The zero-order valence-corrected chi connectivity index (χ0v) is 10.5. The first-order valence-corrected chi connectivity index (χ1v) is 5.96. The third-order valence-electron chi connectivity index (χ3n) is 2.14. The van der Waals surface area contributed by atoms with E-state index < -0.39 is 0 Å². The summed E-state index contributed by atoms with van der Waals surface area (Å²) in [5, 5.41) is 4.57. The molecule has 1 rings (SSSR count). The summed E-state index contributed by atoms with van der Waals surface area (Å²) in [6.45, 7) is 11.9. The van der Waals surface area contributed by atoms with E-state index in [1.54, 1.807) is 0 Å². The predicted molar refractivity (Wildman–Crippen MR) is 62.9 cm³/mol. The molecule has 0 aliphatic rings. The Morgan fingerprint density at radius 2 is 2.14 bits per heavy atom. The molecule has 1 N–H and O–H groups in total. The monoisotopic (exact) mass is 212 g/mol. The molecule has 1 atom stereocenters. The maximum absolute atomic E-state index is 4.46. The highest BCUT2D eigenvalue weighted by molar-refractivity contribution is 7.11. The van der Waals surface area contributed by atoms with Crippen molar-refractivity contribution in [2.75, 3.05) is 6.54 Å². The minimum atomic E-state index is 0.224. The van der Waals surface area contributed by atoms with Crippen LogP contribution in [0.3, 0.4) is 0 Å². The molecule has 0 amide bonds. The summed E-state index contributed by atoms with van der Waals surface area (Å²) in [4.78, 5) is 5.82. The summed E-state index contributed by atoms with van der Waals surface area (Å²) < 4.78 is 0. The van der Waals surface area contributed by atoms with Gasteiger partial charge in [0, 0.05) is 11.1 Å². The van der Waals surface area contributed by atoms with Gasteiger partial charge in [0.25, 0.3) is 0 Å². The van der Waals surface area contributed by atoms with Crippen LogP contribution in [0.15, 0.2) is 6.20 Å². The summed E-state index contributed by atoms with van der Waals surface area (Å²) in [7, 11) is 0. The summed E-state index contributed by atoms with van der Waals surface area (Å²) >= 11 is 1.81. The van der Waals surface area contributed by atoms with Gasteiger partial charge in [-0.15, -0.1) is 11.3 Å². The van der Waals surface area contributed by atoms with Gasteiger partial charge in [-0.1, -0.05) is 27.7 Å². The Balaban J connectivity index is 2.78. The van der Waals surface area contributed by atoms with Gasteiger partial charge in [-0.3, -0.25) is 0 Å². The molecule has 0 fully saturated rings. The van der Waals surface area contributed by atoms with Crippen molar-refractivity contribution in [1.82, 2.24) is 10.3 Å². The molecule has 0 aliphatic carbocycles. The van der Waals surface area contributed by atoms with Crippen molar-refractivity contribution in [2.24, 2.45) is 0 Å². The fourth-order valence-electron chi connectivity index (χ4n) is 1.23. The minimum Gasteiger partial charge on any atom is -0.308 e. The standard InChI is InChI=1S/C11H20N2S/c1-6-12-8(2)10-13-7-9(14-10)11(3,4)5/h7-8,12H,6H2,1-5H3. The van der Waals surface area contributed by atoms with Crippen LogP contribution in [0.4, 0.5) is 0 Å². The van der Waals surface area contributed by atoms with Crippen molar-refractivity contribution >= 4 is 11.3 Å². The third-order valence-corrected chi connectivity index (χ3v) is 3.75. The Kier molecular flexibility index (Phi) is 3.67. The molecular formula is C11H20N2S. The van der Waals surface area contributed by atoms with Crippen molar-refractivity contribution < 1.29 is 0 Å². The minimum absolute atomic E-state index is 0.224. The average molecular weight is 212 g/mol. The molecule has 0 aliphatic heterocycles. The second kappa shape index (κ2) is 4.41. The Morgan fingerprint density at radius 3 is 2.57 bits per heavy atom. The Bertz CT molecular complexity index is 286. The topological polar surface area (TPSA) is 24.9 Å². The van der Waals surface area contributed by atoms with Crippen LogP contribution in [0.5, 0.6) is 0 Å². The van der Waals surface area contributed by atoms with Crippen LogP contribution in [0, 0.1) is 0 Å². The molecule has 0 radical (unpaired) electrons. The smallest absolute Gasteiger partial charge is 0.109 e. The fourth-order valence-corrected chi connectivity index (χ4v) is 2.23. The Hall–Kier alpha value is -0.410. The SMILES string of the molecule is CCNC(C)c1ncc(C(C)(C)C)s1. The van der Waals surface area contributed by atoms with Crippen molar-refractivity contribution in [3.05, 3.63) is 16.1 Å². The van der Waals surface area contributed by atoms with Crippen LogP contribution in [0.1, 0.15) is 50.5 Å². The van der Waals surface area contributed by atoms with Crippen molar-refractivity contribution in [3.8, 4) is 0 Å². The molecular weight excluding hydrogens is 192 g/mol. The maximum atomic E-state index is 4.46. The molecule has 1 unspecified atom stereocenters. The van der Waals surface area contributed by atoms with Gasteiger partial charge in [0.15, 0.2) is 0 Å². The zero-order valence-electron chi connectivity index (χ0n) is 9.72. The van der Waals surface area contributed by atoms with Gasteiger partial charge in [0.1, 0.15) is 5.01 Å². The van der Waals surface area contributed by atoms with Gasteiger partial charge in [-0.05, 0) is 18.9 Å². The number of hydrogen-bond acceptors (Lipinski definition) is 3. The lowest BCUT2D eigenvalue weighted by Crippen LogP contribution is -2.17. The van der Waals surface area contributed by atoms with E-state index in [0.717, 1.165) is 6.54 Å². The van der Waals surface area contributed by atoms with E-state index in [1.807, 2.05) is 17.5 Å². The zero-order chi connectivity index (χ0) is 10.8.